The van der Waals surface area contributed by atoms with Gasteiger partial charge in [-0.2, -0.15) is 0 Å². The number of nitrogens with one attached hydrogen (secondary N) is 2. The zero-order valence-corrected chi connectivity index (χ0v) is 14.1. The van der Waals surface area contributed by atoms with Crippen LogP contribution in [0, 0.1) is 5.82 Å². The van der Waals surface area contributed by atoms with Crippen molar-refractivity contribution < 1.29 is 18.7 Å². The van der Waals surface area contributed by atoms with Crippen molar-refractivity contribution in [3.8, 4) is 0 Å². The van der Waals surface area contributed by atoms with Gasteiger partial charge in [0, 0.05) is 57.5 Å². The van der Waals surface area contributed by atoms with Crippen molar-refractivity contribution >= 4 is 5.91 Å². The molecule has 1 aliphatic rings. The third-order valence-electron chi connectivity index (χ3n) is 3.92. The summed E-state index contributed by atoms with van der Waals surface area (Å²) < 4.78 is 24.0. The summed E-state index contributed by atoms with van der Waals surface area (Å²) in [5.41, 5.74) is 0.822. The van der Waals surface area contributed by atoms with Crippen molar-refractivity contribution in [3.63, 3.8) is 0 Å². The first-order chi connectivity index (χ1) is 11.7. The number of hydrogen-bond acceptors (Lipinski definition) is 5. The van der Waals surface area contributed by atoms with Crippen molar-refractivity contribution in [1.82, 2.24) is 15.5 Å². The predicted octanol–water partition coefficient (Wildman–Crippen LogP) is 0.624. The highest BCUT2D eigenvalue weighted by Crippen LogP contribution is 2.12. The van der Waals surface area contributed by atoms with Crippen LogP contribution in [0.5, 0.6) is 0 Å². The van der Waals surface area contributed by atoms with Gasteiger partial charge < -0.3 is 20.1 Å². The normalized spacial score (nSPS) is 15.4. The molecule has 0 bridgehead atoms. The van der Waals surface area contributed by atoms with Crippen LogP contribution in [0.4, 0.5) is 4.39 Å². The van der Waals surface area contributed by atoms with Crippen LogP contribution >= 0.6 is 0 Å². The van der Waals surface area contributed by atoms with E-state index in [2.05, 4.69) is 15.5 Å². The molecular formula is C17H26FN3O3. The standard InChI is InChI=1S/C17H26FN3O3/c1-23-10-11-24-13-15-12-14(2-3-16(15)18)17(22)20-6-9-21-7-4-19-5-8-21/h2-3,12,19H,4-11,13H2,1H3,(H,20,22). The SMILES string of the molecule is COCCOCc1cc(C(=O)NCCN2CCNCC2)ccc1F. The van der Waals surface area contributed by atoms with E-state index in [1.54, 1.807) is 13.2 Å². The van der Waals surface area contributed by atoms with Gasteiger partial charge in [-0.05, 0) is 18.2 Å². The van der Waals surface area contributed by atoms with Crippen molar-refractivity contribution in [2.24, 2.45) is 0 Å². The number of carbonyl (C=O) groups excluding carboxylic acids is 1. The molecule has 2 N–H and O–H groups in total. The van der Waals surface area contributed by atoms with Crippen LogP contribution < -0.4 is 10.6 Å². The average molecular weight is 339 g/mol. The molecule has 7 heteroatoms. The maximum absolute atomic E-state index is 13.8. The largest absolute Gasteiger partial charge is 0.382 e. The minimum absolute atomic E-state index is 0.122. The first kappa shape index (κ1) is 18.8. The van der Waals surface area contributed by atoms with E-state index >= 15 is 0 Å². The van der Waals surface area contributed by atoms with Gasteiger partial charge in [-0.3, -0.25) is 9.69 Å². The molecular weight excluding hydrogens is 313 g/mol. The highest BCUT2D eigenvalue weighted by molar-refractivity contribution is 5.94. The van der Waals surface area contributed by atoms with Gasteiger partial charge in [0.15, 0.2) is 0 Å². The van der Waals surface area contributed by atoms with Gasteiger partial charge in [-0.1, -0.05) is 0 Å². The molecule has 0 spiro atoms. The van der Waals surface area contributed by atoms with Gasteiger partial charge >= 0.3 is 0 Å². The van der Waals surface area contributed by atoms with Gasteiger partial charge in [-0.25, -0.2) is 4.39 Å². The fourth-order valence-corrected chi connectivity index (χ4v) is 2.52. The van der Waals surface area contributed by atoms with Gasteiger partial charge in [0.25, 0.3) is 5.91 Å². The molecule has 0 aromatic heterocycles. The molecule has 1 saturated heterocycles. The van der Waals surface area contributed by atoms with Crippen molar-refractivity contribution in [3.05, 3.63) is 35.1 Å². The Balaban J connectivity index is 1.80. The van der Waals surface area contributed by atoms with E-state index in [9.17, 15) is 9.18 Å². The number of benzene rings is 1. The molecule has 0 saturated carbocycles. The molecule has 1 heterocycles. The van der Waals surface area contributed by atoms with E-state index in [-0.39, 0.29) is 18.3 Å². The molecule has 1 fully saturated rings. The summed E-state index contributed by atoms with van der Waals surface area (Å²) in [5, 5.41) is 6.18. The zero-order chi connectivity index (χ0) is 17.2. The number of piperazine rings is 1. The van der Waals surface area contributed by atoms with E-state index in [0.29, 0.717) is 30.9 Å². The minimum atomic E-state index is -0.371. The molecule has 134 valence electrons. The Morgan fingerprint density at radius 3 is 2.88 bits per heavy atom. The van der Waals surface area contributed by atoms with E-state index in [1.165, 1.54) is 12.1 Å². The Labute approximate surface area is 142 Å². The van der Waals surface area contributed by atoms with Gasteiger partial charge in [0.2, 0.25) is 0 Å². The summed E-state index contributed by atoms with van der Waals surface area (Å²) in [5.74, 6) is -0.562. The molecule has 6 nitrogen and oxygen atoms in total. The van der Waals surface area contributed by atoms with Gasteiger partial charge in [0.1, 0.15) is 5.82 Å². The van der Waals surface area contributed by atoms with Crippen LogP contribution in [-0.4, -0.2) is 70.4 Å². The lowest BCUT2D eigenvalue weighted by molar-refractivity contribution is 0.0604. The third kappa shape index (κ3) is 6.16. The molecule has 0 aliphatic carbocycles. The van der Waals surface area contributed by atoms with Crippen molar-refractivity contribution in [2.75, 3.05) is 59.6 Å². The van der Waals surface area contributed by atoms with E-state index in [4.69, 9.17) is 9.47 Å². The van der Waals surface area contributed by atoms with Crippen LogP contribution in [0.25, 0.3) is 0 Å². The molecule has 24 heavy (non-hydrogen) atoms. The molecule has 2 rings (SSSR count). The second kappa shape index (κ2) is 10.4. The van der Waals surface area contributed by atoms with E-state index in [1.807, 2.05) is 0 Å². The Hall–Kier alpha value is -1.54. The lowest BCUT2D eigenvalue weighted by atomic mass is 10.1. The lowest BCUT2D eigenvalue weighted by Gasteiger charge is -2.27. The van der Waals surface area contributed by atoms with Gasteiger partial charge in [-0.15, -0.1) is 0 Å². The smallest absolute Gasteiger partial charge is 0.251 e. The molecule has 1 aromatic carbocycles. The van der Waals surface area contributed by atoms with E-state index < -0.39 is 0 Å². The number of nitrogens with zero attached hydrogens (tertiary/aromatic N) is 1. The first-order valence-corrected chi connectivity index (χ1v) is 8.27. The maximum atomic E-state index is 13.8. The van der Waals surface area contributed by atoms with Crippen LogP contribution in [0.3, 0.4) is 0 Å². The number of carbonyl (C=O) groups is 1. The van der Waals surface area contributed by atoms with Crippen LogP contribution in [0.1, 0.15) is 15.9 Å². The summed E-state index contributed by atoms with van der Waals surface area (Å²) in [6.45, 7) is 6.32. The summed E-state index contributed by atoms with van der Waals surface area (Å²) in [6, 6.07) is 4.34. The molecule has 0 atom stereocenters. The van der Waals surface area contributed by atoms with Crippen molar-refractivity contribution in [2.45, 2.75) is 6.61 Å². The number of halogens is 1. The van der Waals surface area contributed by atoms with E-state index in [0.717, 1.165) is 32.7 Å². The second-order valence-corrected chi connectivity index (χ2v) is 5.70. The summed E-state index contributed by atoms with van der Waals surface area (Å²) in [6.07, 6.45) is 0. The fraction of sp³-hybridized carbons (Fsp3) is 0.588. The van der Waals surface area contributed by atoms with Crippen molar-refractivity contribution in [1.29, 1.82) is 0 Å². The van der Waals surface area contributed by atoms with Crippen LogP contribution in [-0.2, 0) is 16.1 Å². The van der Waals surface area contributed by atoms with Crippen LogP contribution in [0.2, 0.25) is 0 Å². The topological polar surface area (TPSA) is 62.8 Å². The number of rotatable bonds is 9. The van der Waals surface area contributed by atoms with Gasteiger partial charge in [0.05, 0.1) is 19.8 Å². The number of methoxy groups -OCH3 is 1. The highest BCUT2D eigenvalue weighted by Gasteiger charge is 2.12. The Morgan fingerprint density at radius 2 is 2.12 bits per heavy atom. The van der Waals surface area contributed by atoms with Crippen LogP contribution in [0.15, 0.2) is 18.2 Å². The summed E-state index contributed by atoms with van der Waals surface area (Å²) >= 11 is 0. The number of hydrogen-bond donors (Lipinski definition) is 2. The Morgan fingerprint density at radius 1 is 1.33 bits per heavy atom. The minimum Gasteiger partial charge on any atom is -0.382 e. The second-order valence-electron chi connectivity index (χ2n) is 5.70. The first-order valence-electron chi connectivity index (χ1n) is 8.27. The third-order valence-corrected chi connectivity index (χ3v) is 3.92. The lowest BCUT2D eigenvalue weighted by Crippen LogP contribution is -2.46. The molecule has 0 radical (unpaired) electrons. The number of ether oxygens (including phenoxy) is 2. The Bertz CT molecular complexity index is 522. The zero-order valence-electron chi connectivity index (χ0n) is 14.1. The highest BCUT2D eigenvalue weighted by atomic mass is 19.1. The summed E-state index contributed by atoms with van der Waals surface area (Å²) in [7, 11) is 1.58. The Kier molecular flexibility index (Phi) is 8.11. The maximum Gasteiger partial charge on any atom is 0.251 e. The molecule has 0 unspecified atom stereocenters. The summed E-state index contributed by atoms with van der Waals surface area (Å²) in [4.78, 5) is 14.5. The fourth-order valence-electron chi connectivity index (χ4n) is 2.52. The predicted molar refractivity (Wildman–Crippen MR) is 89.6 cm³/mol. The monoisotopic (exact) mass is 339 g/mol. The quantitative estimate of drug-likeness (QED) is 0.646. The number of amides is 1. The molecule has 1 aromatic rings. The average Bonchev–Trinajstić information content (AvgIpc) is 2.61. The molecule has 1 aliphatic heterocycles. The molecule has 1 amide bonds.